The Morgan fingerprint density at radius 2 is 2.12 bits per heavy atom. The second-order valence-corrected chi connectivity index (χ2v) is 5.53. The number of carbonyl (C=O) groups is 2. The van der Waals surface area contributed by atoms with Crippen LogP contribution in [0.2, 0.25) is 0 Å². The molecule has 2 N–H and O–H groups in total. The highest BCUT2D eigenvalue weighted by Crippen LogP contribution is 2.50. The molecule has 3 heterocycles. The van der Waals surface area contributed by atoms with Gasteiger partial charge in [0.2, 0.25) is 11.8 Å². The van der Waals surface area contributed by atoms with Gasteiger partial charge in [0.1, 0.15) is 5.54 Å². The number of nitrogens with two attached hydrogens (primary N) is 1. The van der Waals surface area contributed by atoms with Gasteiger partial charge in [0.05, 0.1) is 12.5 Å². The van der Waals surface area contributed by atoms with Crippen molar-refractivity contribution in [1.82, 2.24) is 4.90 Å². The first-order valence-corrected chi connectivity index (χ1v) is 6.32. The molecule has 17 heavy (non-hydrogen) atoms. The first kappa shape index (κ1) is 11.0. The van der Waals surface area contributed by atoms with Gasteiger partial charge in [0.25, 0.3) is 0 Å². The van der Waals surface area contributed by atoms with Crippen LogP contribution in [0.1, 0.15) is 25.7 Å². The van der Waals surface area contributed by atoms with Gasteiger partial charge in [0, 0.05) is 13.2 Å². The number of nitrogens with zero attached hydrogens (tertiary/aromatic N) is 1. The lowest BCUT2D eigenvalue weighted by atomic mass is 9.72. The van der Waals surface area contributed by atoms with Crippen molar-refractivity contribution in [1.29, 1.82) is 0 Å². The van der Waals surface area contributed by atoms with E-state index in [2.05, 4.69) is 0 Å². The van der Waals surface area contributed by atoms with Crippen LogP contribution in [0.15, 0.2) is 0 Å². The highest BCUT2D eigenvalue weighted by atomic mass is 16.5. The van der Waals surface area contributed by atoms with Crippen molar-refractivity contribution in [3.63, 3.8) is 0 Å². The summed E-state index contributed by atoms with van der Waals surface area (Å²) in [5.74, 6) is 0.148. The number of fused-ring (bicyclic) bond motifs is 1. The minimum Gasteiger partial charge on any atom is -0.381 e. The molecule has 1 saturated carbocycles. The molecule has 2 bridgehead atoms. The van der Waals surface area contributed by atoms with Crippen LogP contribution in [0.5, 0.6) is 0 Å². The summed E-state index contributed by atoms with van der Waals surface area (Å²) in [7, 11) is 0. The summed E-state index contributed by atoms with van der Waals surface area (Å²) >= 11 is 0. The van der Waals surface area contributed by atoms with Crippen molar-refractivity contribution in [3.8, 4) is 0 Å². The molecule has 5 heteroatoms. The minimum absolute atomic E-state index is 0.0701. The Kier molecular flexibility index (Phi) is 2.40. The Morgan fingerprint density at radius 1 is 1.35 bits per heavy atom. The highest BCUT2D eigenvalue weighted by molar-refractivity contribution is 5.93. The average Bonchev–Trinajstić information content (AvgIpc) is 2.84. The second-order valence-electron chi connectivity index (χ2n) is 5.53. The number of primary amides is 1. The van der Waals surface area contributed by atoms with E-state index in [4.69, 9.17) is 10.5 Å². The van der Waals surface area contributed by atoms with E-state index in [0.717, 1.165) is 32.3 Å². The zero-order valence-corrected chi connectivity index (χ0v) is 9.85. The summed E-state index contributed by atoms with van der Waals surface area (Å²) in [5.41, 5.74) is 4.81. The van der Waals surface area contributed by atoms with E-state index < -0.39 is 5.54 Å². The number of ether oxygens (including phenoxy) is 1. The maximum atomic E-state index is 12.4. The molecule has 0 radical (unpaired) electrons. The third-order valence-electron chi connectivity index (χ3n) is 4.44. The van der Waals surface area contributed by atoms with E-state index in [1.54, 1.807) is 4.90 Å². The normalized spacial score (nSPS) is 39.9. The maximum Gasteiger partial charge on any atom is 0.243 e. The molecule has 3 saturated heterocycles. The first-order valence-electron chi connectivity index (χ1n) is 6.32. The van der Waals surface area contributed by atoms with Crippen molar-refractivity contribution < 1.29 is 14.3 Å². The van der Waals surface area contributed by atoms with Crippen LogP contribution in [0.25, 0.3) is 0 Å². The minimum atomic E-state index is -0.654. The standard InChI is InChI=1S/C12H18N2O3/c13-11(16)12-4-8(5-12)6-14(12)10(15)9-2-1-3-17-7-9/h8-9H,1-7H2,(H2,13,16)/t8?,9-,12?/m0/s1. The van der Waals surface area contributed by atoms with E-state index in [1.807, 2.05) is 0 Å². The van der Waals surface area contributed by atoms with Gasteiger partial charge in [-0.25, -0.2) is 0 Å². The fraction of sp³-hybridized carbons (Fsp3) is 0.833. The molecule has 3 aliphatic heterocycles. The molecule has 0 aromatic rings. The molecule has 1 atom stereocenters. The number of carbonyl (C=O) groups excluding carboxylic acids is 2. The van der Waals surface area contributed by atoms with Crippen LogP contribution in [-0.2, 0) is 14.3 Å². The lowest BCUT2D eigenvalue weighted by molar-refractivity contribution is -0.150. The molecule has 2 amide bonds. The van der Waals surface area contributed by atoms with Gasteiger partial charge < -0.3 is 15.4 Å². The topological polar surface area (TPSA) is 72.6 Å². The van der Waals surface area contributed by atoms with Crippen LogP contribution in [0, 0.1) is 11.8 Å². The summed E-state index contributed by atoms with van der Waals surface area (Å²) < 4.78 is 5.34. The predicted octanol–water partition coefficient (Wildman–Crippen LogP) is -0.111. The second kappa shape index (κ2) is 3.70. The van der Waals surface area contributed by atoms with Crippen LogP contribution in [0.3, 0.4) is 0 Å². The Morgan fingerprint density at radius 3 is 2.71 bits per heavy atom. The fourth-order valence-corrected chi connectivity index (χ4v) is 3.47. The van der Waals surface area contributed by atoms with E-state index in [-0.39, 0.29) is 17.7 Å². The smallest absolute Gasteiger partial charge is 0.243 e. The molecule has 4 rings (SSSR count). The lowest BCUT2D eigenvalue weighted by Gasteiger charge is -2.40. The van der Waals surface area contributed by atoms with Gasteiger partial charge in [-0.3, -0.25) is 9.59 Å². The van der Waals surface area contributed by atoms with Crippen LogP contribution in [0.4, 0.5) is 0 Å². The van der Waals surface area contributed by atoms with E-state index in [0.29, 0.717) is 19.1 Å². The van der Waals surface area contributed by atoms with Gasteiger partial charge in [-0.15, -0.1) is 0 Å². The van der Waals surface area contributed by atoms with Crippen LogP contribution < -0.4 is 5.73 Å². The molecule has 94 valence electrons. The van der Waals surface area contributed by atoms with Gasteiger partial charge in [0.15, 0.2) is 0 Å². The number of rotatable bonds is 2. The molecule has 0 unspecified atom stereocenters. The Hall–Kier alpha value is -1.10. The zero-order valence-electron chi connectivity index (χ0n) is 9.85. The molecule has 5 nitrogen and oxygen atoms in total. The maximum absolute atomic E-state index is 12.4. The van der Waals surface area contributed by atoms with Gasteiger partial charge in [-0.2, -0.15) is 0 Å². The van der Waals surface area contributed by atoms with Gasteiger partial charge in [-0.05, 0) is 31.6 Å². The number of hydrogen-bond acceptors (Lipinski definition) is 3. The molecule has 0 aromatic carbocycles. The number of hydrogen-bond donors (Lipinski definition) is 1. The van der Waals surface area contributed by atoms with Crippen molar-refractivity contribution in [2.45, 2.75) is 31.2 Å². The van der Waals surface area contributed by atoms with Crippen LogP contribution in [-0.4, -0.2) is 42.0 Å². The van der Waals surface area contributed by atoms with E-state index in [1.165, 1.54) is 0 Å². The Bertz CT molecular complexity index is 357. The SMILES string of the molecule is NC(=O)C12CC(CN1C(=O)[C@H]1CCCOC1)C2. The third kappa shape index (κ3) is 1.48. The molecule has 1 aliphatic carbocycles. The average molecular weight is 238 g/mol. The largest absolute Gasteiger partial charge is 0.381 e. The lowest BCUT2D eigenvalue weighted by Crippen LogP contribution is -2.58. The summed E-state index contributed by atoms with van der Waals surface area (Å²) in [6.07, 6.45) is 3.33. The number of amides is 2. The molecule has 4 fully saturated rings. The van der Waals surface area contributed by atoms with Crippen molar-refractivity contribution in [2.75, 3.05) is 19.8 Å². The highest BCUT2D eigenvalue weighted by Gasteiger charge is 2.62. The fourth-order valence-electron chi connectivity index (χ4n) is 3.47. The molecule has 0 aromatic heterocycles. The monoisotopic (exact) mass is 238 g/mol. The molecule has 4 aliphatic rings. The van der Waals surface area contributed by atoms with Crippen molar-refractivity contribution in [2.24, 2.45) is 17.6 Å². The van der Waals surface area contributed by atoms with Gasteiger partial charge >= 0.3 is 0 Å². The van der Waals surface area contributed by atoms with Gasteiger partial charge in [-0.1, -0.05) is 0 Å². The molecular weight excluding hydrogens is 220 g/mol. The zero-order chi connectivity index (χ0) is 12.0. The molecule has 0 spiro atoms. The van der Waals surface area contributed by atoms with E-state index >= 15 is 0 Å². The summed E-state index contributed by atoms with van der Waals surface area (Å²) in [5, 5.41) is 0. The first-order chi connectivity index (χ1) is 8.13. The quantitative estimate of drug-likeness (QED) is 0.729. The van der Waals surface area contributed by atoms with Crippen molar-refractivity contribution >= 4 is 11.8 Å². The van der Waals surface area contributed by atoms with Crippen molar-refractivity contribution in [3.05, 3.63) is 0 Å². The summed E-state index contributed by atoms with van der Waals surface area (Å²) in [4.78, 5) is 25.7. The molecular formula is C12H18N2O3. The van der Waals surface area contributed by atoms with Crippen LogP contribution >= 0.6 is 0 Å². The predicted molar refractivity (Wildman–Crippen MR) is 59.9 cm³/mol. The Balaban J connectivity index is 1.75. The third-order valence-corrected chi connectivity index (χ3v) is 4.44. The van der Waals surface area contributed by atoms with E-state index in [9.17, 15) is 9.59 Å². The Labute approximate surface area is 100 Å². The summed E-state index contributed by atoms with van der Waals surface area (Å²) in [6, 6.07) is 0. The summed E-state index contributed by atoms with van der Waals surface area (Å²) in [6.45, 7) is 1.94.